The van der Waals surface area contributed by atoms with Gasteiger partial charge in [0.1, 0.15) is 0 Å². The van der Waals surface area contributed by atoms with Crippen molar-refractivity contribution in [2.75, 3.05) is 18.8 Å². The van der Waals surface area contributed by atoms with E-state index in [1.807, 2.05) is 6.92 Å². The number of hydrogen-bond acceptors (Lipinski definition) is 3. The molecular weight excluding hydrogens is 318 g/mol. The summed E-state index contributed by atoms with van der Waals surface area (Å²) in [7, 11) is 0. The summed E-state index contributed by atoms with van der Waals surface area (Å²) in [6.07, 6.45) is 0.334. The third-order valence-corrected chi connectivity index (χ3v) is 3.47. The van der Waals surface area contributed by atoms with Crippen molar-refractivity contribution in [3.8, 4) is 6.07 Å². The summed E-state index contributed by atoms with van der Waals surface area (Å²) in [6, 6.07) is 5.66. The molecular formula is C15H20BrN3O. The van der Waals surface area contributed by atoms with Crippen molar-refractivity contribution < 1.29 is 4.79 Å². The van der Waals surface area contributed by atoms with E-state index in [0.717, 1.165) is 10.0 Å². The second-order valence-electron chi connectivity index (χ2n) is 5.22. The Kier molecular flexibility index (Phi) is 6.03. The second kappa shape index (κ2) is 7.30. The van der Waals surface area contributed by atoms with Gasteiger partial charge in [0.15, 0.2) is 0 Å². The fourth-order valence-electron chi connectivity index (χ4n) is 1.99. The lowest BCUT2D eigenvalue weighted by molar-refractivity contribution is 0.0739. The summed E-state index contributed by atoms with van der Waals surface area (Å²) in [5.74, 6) is 0.280. The molecule has 108 valence electrons. The van der Waals surface area contributed by atoms with Gasteiger partial charge >= 0.3 is 0 Å². The predicted octanol–water partition coefficient (Wildman–Crippen LogP) is 3.35. The van der Waals surface area contributed by atoms with Crippen LogP contribution in [0.2, 0.25) is 0 Å². The van der Waals surface area contributed by atoms with Crippen LogP contribution >= 0.6 is 15.9 Å². The van der Waals surface area contributed by atoms with Crippen LogP contribution in [0.5, 0.6) is 0 Å². The molecule has 0 aliphatic rings. The zero-order valence-corrected chi connectivity index (χ0v) is 13.7. The normalized spacial score (nSPS) is 10.4. The van der Waals surface area contributed by atoms with Gasteiger partial charge in [-0.05, 0) is 30.5 Å². The molecule has 1 amide bonds. The molecule has 0 atom stereocenters. The molecule has 0 radical (unpaired) electrons. The standard InChI is InChI=1S/C15H20BrN3O/c1-10(2)9-19(6-4-5-17)15(20)13-7-12(16)8-14(18)11(13)3/h7-8,10H,4,6,9,18H2,1-3H3. The molecule has 1 rings (SSSR count). The zero-order chi connectivity index (χ0) is 15.3. The van der Waals surface area contributed by atoms with E-state index in [1.165, 1.54) is 0 Å². The number of carbonyl (C=O) groups is 1. The Morgan fingerprint density at radius 1 is 1.50 bits per heavy atom. The predicted molar refractivity (Wildman–Crippen MR) is 84.3 cm³/mol. The van der Waals surface area contributed by atoms with Crippen molar-refractivity contribution in [1.29, 1.82) is 5.26 Å². The summed E-state index contributed by atoms with van der Waals surface area (Å²) < 4.78 is 0.786. The highest BCUT2D eigenvalue weighted by molar-refractivity contribution is 9.10. The smallest absolute Gasteiger partial charge is 0.254 e. The fraction of sp³-hybridized carbons (Fsp3) is 0.467. The quantitative estimate of drug-likeness (QED) is 0.837. The van der Waals surface area contributed by atoms with E-state index < -0.39 is 0 Å². The molecule has 0 aliphatic heterocycles. The van der Waals surface area contributed by atoms with E-state index in [4.69, 9.17) is 11.0 Å². The van der Waals surface area contributed by atoms with Crippen LogP contribution in [0.1, 0.15) is 36.2 Å². The molecule has 0 unspecified atom stereocenters. The average Bonchev–Trinajstić information content (AvgIpc) is 2.37. The molecule has 20 heavy (non-hydrogen) atoms. The number of nitriles is 1. The maximum Gasteiger partial charge on any atom is 0.254 e. The molecule has 0 saturated heterocycles. The lowest BCUT2D eigenvalue weighted by atomic mass is 10.0. The van der Waals surface area contributed by atoms with Crippen LogP contribution in [-0.4, -0.2) is 23.9 Å². The van der Waals surface area contributed by atoms with Crippen LogP contribution in [-0.2, 0) is 0 Å². The van der Waals surface area contributed by atoms with Gasteiger partial charge in [0.25, 0.3) is 5.91 Å². The number of amides is 1. The zero-order valence-electron chi connectivity index (χ0n) is 12.1. The Bertz CT molecular complexity index is 535. The number of nitrogens with zero attached hydrogens (tertiary/aromatic N) is 2. The average molecular weight is 338 g/mol. The Balaban J connectivity index is 3.08. The third kappa shape index (κ3) is 4.24. The van der Waals surface area contributed by atoms with Gasteiger partial charge in [0, 0.05) is 28.8 Å². The van der Waals surface area contributed by atoms with Crippen molar-refractivity contribution in [1.82, 2.24) is 4.90 Å². The third-order valence-electron chi connectivity index (χ3n) is 3.01. The first kappa shape index (κ1) is 16.5. The van der Waals surface area contributed by atoms with Crippen LogP contribution < -0.4 is 5.73 Å². The highest BCUT2D eigenvalue weighted by Gasteiger charge is 2.19. The van der Waals surface area contributed by atoms with Gasteiger partial charge in [-0.2, -0.15) is 5.26 Å². The molecule has 5 heteroatoms. The summed E-state index contributed by atoms with van der Waals surface area (Å²) >= 11 is 3.36. The molecule has 0 fully saturated rings. The molecule has 0 heterocycles. The Morgan fingerprint density at radius 2 is 2.15 bits per heavy atom. The maximum absolute atomic E-state index is 12.7. The van der Waals surface area contributed by atoms with E-state index in [1.54, 1.807) is 17.0 Å². The van der Waals surface area contributed by atoms with Crippen molar-refractivity contribution in [2.45, 2.75) is 27.2 Å². The monoisotopic (exact) mass is 337 g/mol. The maximum atomic E-state index is 12.7. The van der Waals surface area contributed by atoms with Gasteiger partial charge in [-0.3, -0.25) is 4.79 Å². The molecule has 2 N–H and O–H groups in total. The lowest BCUT2D eigenvalue weighted by Gasteiger charge is -2.25. The van der Waals surface area contributed by atoms with Gasteiger partial charge in [0.2, 0.25) is 0 Å². The number of benzene rings is 1. The number of nitrogen functional groups attached to an aromatic ring is 1. The first-order valence-corrected chi connectivity index (χ1v) is 7.38. The van der Waals surface area contributed by atoms with Gasteiger partial charge in [-0.15, -0.1) is 0 Å². The number of rotatable bonds is 5. The van der Waals surface area contributed by atoms with Gasteiger partial charge in [-0.25, -0.2) is 0 Å². The molecule has 0 aromatic heterocycles. The van der Waals surface area contributed by atoms with E-state index >= 15 is 0 Å². The SMILES string of the molecule is Cc1c(N)cc(Br)cc1C(=O)N(CCC#N)CC(C)C. The van der Waals surface area contributed by atoms with E-state index in [0.29, 0.717) is 36.7 Å². The first-order valence-electron chi connectivity index (χ1n) is 6.58. The minimum Gasteiger partial charge on any atom is -0.398 e. The molecule has 0 aliphatic carbocycles. The highest BCUT2D eigenvalue weighted by atomic mass is 79.9. The van der Waals surface area contributed by atoms with Crippen molar-refractivity contribution in [2.24, 2.45) is 5.92 Å². The molecule has 1 aromatic rings. The Hall–Kier alpha value is -1.54. The first-order chi connectivity index (χ1) is 9.36. The Labute approximate surface area is 128 Å². The number of carbonyl (C=O) groups excluding carboxylic acids is 1. The fourth-order valence-corrected chi connectivity index (χ4v) is 2.47. The van der Waals surface area contributed by atoms with Crippen molar-refractivity contribution in [3.63, 3.8) is 0 Å². The van der Waals surface area contributed by atoms with Crippen molar-refractivity contribution in [3.05, 3.63) is 27.7 Å². The van der Waals surface area contributed by atoms with Crippen LogP contribution in [0.3, 0.4) is 0 Å². The van der Waals surface area contributed by atoms with Crippen LogP contribution in [0.15, 0.2) is 16.6 Å². The minimum absolute atomic E-state index is 0.0700. The van der Waals surface area contributed by atoms with Crippen molar-refractivity contribution >= 4 is 27.5 Å². The molecule has 0 saturated carbocycles. The van der Waals surface area contributed by atoms with Gasteiger partial charge < -0.3 is 10.6 Å². The molecule has 1 aromatic carbocycles. The van der Waals surface area contributed by atoms with Crippen LogP contribution in [0.25, 0.3) is 0 Å². The summed E-state index contributed by atoms with van der Waals surface area (Å²) in [6.45, 7) is 7.02. The van der Waals surface area contributed by atoms with E-state index in [2.05, 4.69) is 35.8 Å². The van der Waals surface area contributed by atoms with Crippen LogP contribution in [0, 0.1) is 24.2 Å². The molecule has 4 nitrogen and oxygen atoms in total. The van der Waals surface area contributed by atoms with Gasteiger partial charge in [-0.1, -0.05) is 29.8 Å². The summed E-state index contributed by atoms with van der Waals surface area (Å²) in [4.78, 5) is 14.4. The number of nitrogens with two attached hydrogens (primary N) is 1. The largest absolute Gasteiger partial charge is 0.398 e. The summed E-state index contributed by atoms with van der Waals surface area (Å²) in [5.41, 5.74) is 7.87. The van der Waals surface area contributed by atoms with E-state index in [9.17, 15) is 4.79 Å². The molecule has 0 bridgehead atoms. The Morgan fingerprint density at radius 3 is 2.70 bits per heavy atom. The number of halogens is 1. The number of hydrogen-bond donors (Lipinski definition) is 1. The highest BCUT2D eigenvalue weighted by Crippen LogP contribution is 2.24. The molecule has 0 spiro atoms. The van der Waals surface area contributed by atoms with Crippen LogP contribution in [0.4, 0.5) is 5.69 Å². The lowest BCUT2D eigenvalue weighted by Crippen LogP contribution is -2.35. The topological polar surface area (TPSA) is 70.1 Å². The summed E-state index contributed by atoms with van der Waals surface area (Å²) in [5, 5.41) is 8.73. The minimum atomic E-state index is -0.0700. The number of anilines is 1. The van der Waals surface area contributed by atoms with E-state index in [-0.39, 0.29) is 5.91 Å². The van der Waals surface area contributed by atoms with Gasteiger partial charge in [0.05, 0.1) is 12.5 Å². The second-order valence-corrected chi connectivity index (χ2v) is 6.14.